The zero-order chi connectivity index (χ0) is 21.9. The molecule has 3 rings (SSSR count). The van der Waals surface area contributed by atoms with Gasteiger partial charge in [0.2, 0.25) is 0 Å². The van der Waals surface area contributed by atoms with Gasteiger partial charge in [0.25, 0.3) is 5.91 Å². The van der Waals surface area contributed by atoms with E-state index in [2.05, 4.69) is 15.2 Å². The van der Waals surface area contributed by atoms with E-state index < -0.39 is 23.6 Å². The van der Waals surface area contributed by atoms with E-state index in [1.54, 1.807) is 12.1 Å². The number of benzene rings is 2. The summed E-state index contributed by atoms with van der Waals surface area (Å²) in [5.74, 6) is -1.17. The number of alkyl halides is 3. The van der Waals surface area contributed by atoms with Crippen molar-refractivity contribution >= 4 is 17.6 Å². The average Bonchev–Trinajstić information content (AvgIpc) is 3.17. The minimum absolute atomic E-state index is 0.0639. The summed E-state index contributed by atoms with van der Waals surface area (Å²) < 4.78 is 49.8. The largest absolute Gasteiger partial charge is 0.493 e. The van der Waals surface area contributed by atoms with Gasteiger partial charge in [0.15, 0.2) is 11.4 Å². The Labute approximate surface area is 169 Å². The lowest BCUT2D eigenvalue weighted by atomic mass is 10.2. The summed E-state index contributed by atoms with van der Waals surface area (Å²) in [6.45, 7) is 0. The van der Waals surface area contributed by atoms with Crippen molar-refractivity contribution in [2.75, 3.05) is 19.5 Å². The maximum atomic E-state index is 13.0. The summed E-state index contributed by atoms with van der Waals surface area (Å²) in [4.78, 5) is 24.3. The van der Waals surface area contributed by atoms with Crippen LogP contribution in [0.1, 0.15) is 26.4 Å². The van der Waals surface area contributed by atoms with Gasteiger partial charge in [-0.1, -0.05) is 12.1 Å². The minimum Gasteiger partial charge on any atom is -0.493 e. The lowest BCUT2D eigenvalue weighted by molar-refractivity contribution is -0.137. The van der Waals surface area contributed by atoms with Crippen molar-refractivity contribution in [3.63, 3.8) is 0 Å². The van der Waals surface area contributed by atoms with Crippen LogP contribution in [0, 0.1) is 0 Å². The molecule has 3 aromatic rings. The van der Waals surface area contributed by atoms with Crippen LogP contribution in [0.15, 0.2) is 54.7 Å². The third-order valence-electron chi connectivity index (χ3n) is 4.10. The first kappa shape index (κ1) is 20.9. The molecule has 0 radical (unpaired) electrons. The number of carbonyl (C=O) groups excluding carboxylic acids is 2. The Balaban J connectivity index is 1.90. The molecule has 0 aliphatic carbocycles. The third kappa shape index (κ3) is 4.43. The van der Waals surface area contributed by atoms with Crippen molar-refractivity contribution in [2.45, 2.75) is 6.18 Å². The smallest absolute Gasteiger partial charge is 0.416 e. The molecule has 0 aliphatic heterocycles. The molecule has 0 saturated heterocycles. The first-order chi connectivity index (χ1) is 14.2. The molecule has 30 heavy (non-hydrogen) atoms. The van der Waals surface area contributed by atoms with Gasteiger partial charge in [-0.05, 0) is 36.4 Å². The summed E-state index contributed by atoms with van der Waals surface area (Å²) >= 11 is 0. The Kier molecular flexibility index (Phi) is 5.77. The van der Waals surface area contributed by atoms with Gasteiger partial charge in [0.05, 0.1) is 37.2 Å². The number of halogens is 3. The van der Waals surface area contributed by atoms with Crippen molar-refractivity contribution < 1.29 is 32.2 Å². The molecule has 0 bridgehead atoms. The number of hydrogen-bond acceptors (Lipinski definition) is 5. The maximum absolute atomic E-state index is 13.0. The summed E-state index contributed by atoms with van der Waals surface area (Å²) in [7, 11) is 2.54. The van der Waals surface area contributed by atoms with Crippen molar-refractivity contribution in [1.29, 1.82) is 0 Å². The molecule has 10 heteroatoms. The highest BCUT2D eigenvalue weighted by Gasteiger charge is 2.30. The Morgan fingerprint density at radius 1 is 1.07 bits per heavy atom. The SMILES string of the molecule is COC(=O)c1cccc(NC(=O)c2nn(-c3cccc(C(F)(F)F)c3)cc2OC)c1. The van der Waals surface area contributed by atoms with Gasteiger partial charge in [-0.15, -0.1) is 0 Å². The molecule has 1 heterocycles. The Hall–Kier alpha value is -3.82. The number of ether oxygens (including phenoxy) is 2. The number of rotatable bonds is 5. The predicted octanol–water partition coefficient (Wildman–Crippen LogP) is 3.94. The monoisotopic (exact) mass is 419 g/mol. The molecule has 1 aromatic heterocycles. The number of esters is 1. The summed E-state index contributed by atoms with van der Waals surface area (Å²) in [5, 5.41) is 6.64. The Bertz CT molecular complexity index is 1090. The molecule has 156 valence electrons. The van der Waals surface area contributed by atoms with E-state index in [9.17, 15) is 22.8 Å². The van der Waals surface area contributed by atoms with Crippen LogP contribution in [0.3, 0.4) is 0 Å². The van der Waals surface area contributed by atoms with Gasteiger partial charge in [-0.25, -0.2) is 9.48 Å². The molecule has 0 fully saturated rings. The van der Waals surface area contributed by atoms with E-state index >= 15 is 0 Å². The van der Waals surface area contributed by atoms with Gasteiger partial charge in [-0.2, -0.15) is 18.3 Å². The molecule has 0 aliphatic rings. The lowest BCUT2D eigenvalue weighted by Gasteiger charge is -2.08. The number of amides is 1. The average molecular weight is 419 g/mol. The van der Waals surface area contributed by atoms with Crippen molar-refractivity contribution in [1.82, 2.24) is 9.78 Å². The molecular formula is C20H16F3N3O4. The van der Waals surface area contributed by atoms with Crippen LogP contribution >= 0.6 is 0 Å². The lowest BCUT2D eigenvalue weighted by Crippen LogP contribution is -2.15. The quantitative estimate of drug-likeness (QED) is 0.634. The number of carbonyl (C=O) groups is 2. The number of nitrogens with one attached hydrogen (secondary N) is 1. The van der Waals surface area contributed by atoms with Crippen molar-refractivity contribution in [3.8, 4) is 11.4 Å². The fraction of sp³-hybridized carbons (Fsp3) is 0.150. The van der Waals surface area contributed by atoms with Crippen molar-refractivity contribution in [3.05, 3.63) is 71.5 Å². The van der Waals surface area contributed by atoms with E-state index in [1.165, 1.54) is 44.7 Å². The van der Waals surface area contributed by atoms with Gasteiger partial charge in [0, 0.05) is 5.69 Å². The van der Waals surface area contributed by atoms with Gasteiger partial charge < -0.3 is 14.8 Å². The number of anilines is 1. The molecule has 0 atom stereocenters. The summed E-state index contributed by atoms with van der Waals surface area (Å²) in [6, 6.07) is 10.6. The fourth-order valence-corrected chi connectivity index (χ4v) is 2.65. The maximum Gasteiger partial charge on any atom is 0.416 e. The van der Waals surface area contributed by atoms with E-state index in [1.807, 2.05) is 0 Å². The van der Waals surface area contributed by atoms with Crippen LogP contribution in [0.5, 0.6) is 5.75 Å². The van der Waals surface area contributed by atoms with Gasteiger partial charge >= 0.3 is 12.1 Å². The topological polar surface area (TPSA) is 82.5 Å². The van der Waals surface area contributed by atoms with Crippen LogP contribution in [-0.2, 0) is 10.9 Å². The normalized spacial score (nSPS) is 11.1. The highest BCUT2D eigenvalue weighted by molar-refractivity contribution is 6.05. The second-order valence-electron chi connectivity index (χ2n) is 6.07. The van der Waals surface area contributed by atoms with E-state index in [-0.39, 0.29) is 22.7 Å². The van der Waals surface area contributed by atoms with Gasteiger partial charge in [0.1, 0.15) is 0 Å². The Morgan fingerprint density at radius 2 is 1.80 bits per heavy atom. The summed E-state index contributed by atoms with van der Waals surface area (Å²) in [6.07, 6.45) is -3.21. The van der Waals surface area contributed by atoms with Crippen LogP contribution in [0.4, 0.5) is 18.9 Å². The molecule has 0 unspecified atom stereocenters. The zero-order valence-corrected chi connectivity index (χ0v) is 15.9. The zero-order valence-electron chi connectivity index (χ0n) is 15.9. The van der Waals surface area contributed by atoms with E-state index in [0.717, 1.165) is 16.8 Å². The molecule has 0 spiro atoms. The second-order valence-corrected chi connectivity index (χ2v) is 6.07. The number of hydrogen-bond donors (Lipinski definition) is 1. The van der Waals surface area contributed by atoms with E-state index in [4.69, 9.17) is 4.74 Å². The Morgan fingerprint density at radius 3 is 2.47 bits per heavy atom. The standard InChI is InChI=1S/C20H16F3N3O4/c1-29-16-11-26(15-8-4-6-13(10-15)20(21,22)23)25-17(16)18(27)24-14-7-3-5-12(9-14)19(28)30-2/h3-11H,1-2H3,(H,24,27). The van der Waals surface area contributed by atoms with Crippen molar-refractivity contribution in [2.24, 2.45) is 0 Å². The molecule has 1 N–H and O–H groups in total. The van der Waals surface area contributed by atoms with Crippen LogP contribution in [-0.4, -0.2) is 35.9 Å². The van der Waals surface area contributed by atoms with Crippen LogP contribution in [0.2, 0.25) is 0 Å². The summed E-state index contributed by atoms with van der Waals surface area (Å²) in [5.41, 5.74) is -0.344. The van der Waals surface area contributed by atoms with E-state index in [0.29, 0.717) is 5.69 Å². The second kappa shape index (κ2) is 8.27. The molecule has 1 amide bonds. The first-order valence-corrected chi connectivity index (χ1v) is 8.54. The first-order valence-electron chi connectivity index (χ1n) is 8.54. The molecule has 2 aromatic carbocycles. The van der Waals surface area contributed by atoms with Crippen LogP contribution < -0.4 is 10.1 Å². The van der Waals surface area contributed by atoms with Crippen LogP contribution in [0.25, 0.3) is 5.69 Å². The van der Waals surface area contributed by atoms with Gasteiger partial charge in [-0.3, -0.25) is 4.79 Å². The predicted molar refractivity (Wildman–Crippen MR) is 101 cm³/mol. The minimum atomic E-state index is -4.52. The highest BCUT2D eigenvalue weighted by atomic mass is 19.4. The highest BCUT2D eigenvalue weighted by Crippen LogP contribution is 2.31. The molecular weight excluding hydrogens is 403 g/mol. The molecule has 7 nitrogen and oxygen atoms in total. The molecule has 0 saturated carbocycles. The fourth-order valence-electron chi connectivity index (χ4n) is 2.65. The third-order valence-corrected chi connectivity index (χ3v) is 4.10. The number of methoxy groups -OCH3 is 2. The number of nitrogens with zero attached hydrogens (tertiary/aromatic N) is 2. The number of aromatic nitrogens is 2.